The molecule has 0 aliphatic carbocycles. The average Bonchev–Trinajstić information content (AvgIpc) is 1.88. The van der Waals surface area contributed by atoms with Crippen molar-refractivity contribution in [3.63, 3.8) is 0 Å². The van der Waals surface area contributed by atoms with Gasteiger partial charge >= 0.3 is 0 Å². The van der Waals surface area contributed by atoms with Crippen molar-refractivity contribution in [1.29, 1.82) is 0 Å². The Morgan fingerprint density at radius 1 is 1.60 bits per heavy atom. The van der Waals surface area contributed by atoms with Gasteiger partial charge in [0, 0.05) is 0 Å². The van der Waals surface area contributed by atoms with Crippen molar-refractivity contribution in [3.8, 4) is 0 Å². The van der Waals surface area contributed by atoms with Crippen LogP contribution >= 0.6 is 0 Å². The van der Waals surface area contributed by atoms with E-state index in [-0.39, 0.29) is 0 Å². The lowest BCUT2D eigenvalue weighted by Crippen LogP contribution is -2.14. The number of rotatable bonds is 2. The smallest absolute Gasteiger partial charge is 0.0983 e. The molecule has 1 heterocycles. The predicted molar refractivity (Wildman–Crippen MR) is 42.7 cm³/mol. The van der Waals surface area contributed by atoms with Crippen LogP contribution in [0.25, 0.3) is 0 Å². The van der Waals surface area contributed by atoms with Crippen molar-refractivity contribution in [2.45, 2.75) is 39.2 Å². The Morgan fingerprint density at radius 3 is 2.90 bits per heavy atom. The summed E-state index contributed by atoms with van der Waals surface area (Å²) in [6, 6.07) is 0. The van der Waals surface area contributed by atoms with E-state index < -0.39 is 0 Å². The fourth-order valence-corrected chi connectivity index (χ4v) is 1.28. The van der Waals surface area contributed by atoms with E-state index in [9.17, 15) is 0 Å². The largest absolute Gasteiger partial charge is 0.498 e. The van der Waals surface area contributed by atoms with Crippen molar-refractivity contribution >= 4 is 0 Å². The monoisotopic (exact) mass is 140 g/mol. The first-order valence-corrected chi connectivity index (χ1v) is 4.09. The van der Waals surface area contributed by atoms with Crippen LogP contribution in [0.1, 0.15) is 33.1 Å². The molecule has 1 unspecified atom stereocenters. The maximum absolute atomic E-state index is 5.41. The molecule has 0 N–H and O–H groups in total. The average molecular weight is 140 g/mol. The highest BCUT2D eigenvalue weighted by Crippen LogP contribution is 2.17. The van der Waals surface area contributed by atoms with E-state index >= 15 is 0 Å². The maximum Gasteiger partial charge on any atom is 0.0983 e. The summed E-state index contributed by atoms with van der Waals surface area (Å²) in [5.74, 6) is 0.761. The van der Waals surface area contributed by atoms with E-state index in [1.165, 1.54) is 19.3 Å². The summed E-state index contributed by atoms with van der Waals surface area (Å²) >= 11 is 0. The van der Waals surface area contributed by atoms with Crippen molar-refractivity contribution in [2.75, 3.05) is 0 Å². The lowest BCUT2D eigenvalue weighted by atomic mass is 10.0. The Bertz CT molecular complexity index is 116. The molecule has 0 saturated carbocycles. The second-order valence-corrected chi connectivity index (χ2v) is 3.34. The third-order valence-electron chi connectivity index (χ3n) is 1.76. The van der Waals surface area contributed by atoms with Gasteiger partial charge in [0.2, 0.25) is 0 Å². The summed E-state index contributed by atoms with van der Waals surface area (Å²) in [7, 11) is 0. The summed E-state index contributed by atoms with van der Waals surface area (Å²) in [4.78, 5) is 0. The lowest BCUT2D eigenvalue weighted by molar-refractivity contribution is 0.103. The molecule has 0 amide bonds. The summed E-state index contributed by atoms with van der Waals surface area (Å²) < 4.78 is 5.41. The first-order chi connectivity index (χ1) is 4.79. The highest BCUT2D eigenvalue weighted by atomic mass is 16.5. The van der Waals surface area contributed by atoms with Gasteiger partial charge < -0.3 is 4.74 Å². The number of allylic oxidation sites excluding steroid dienone is 1. The molecule has 10 heavy (non-hydrogen) atoms. The summed E-state index contributed by atoms with van der Waals surface area (Å²) in [5.41, 5.74) is 0. The van der Waals surface area contributed by atoms with Gasteiger partial charge in [-0.05, 0) is 31.3 Å². The molecule has 58 valence electrons. The Hall–Kier alpha value is -0.460. The van der Waals surface area contributed by atoms with E-state index in [0.717, 1.165) is 5.92 Å². The van der Waals surface area contributed by atoms with Gasteiger partial charge in [0.25, 0.3) is 0 Å². The Labute approximate surface area is 63.1 Å². The predicted octanol–water partition coefficient (Wildman–Crippen LogP) is 2.73. The van der Waals surface area contributed by atoms with Crippen molar-refractivity contribution in [3.05, 3.63) is 12.3 Å². The van der Waals surface area contributed by atoms with Gasteiger partial charge in [-0.1, -0.05) is 13.8 Å². The Balaban J connectivity index is 2.22. The van der Waals surface area contributed by atoms with Gasteiger partial charge in [0.1, 0.15) is 0 Å². The van der Waals surface area contributed by atoms with Crippen LogP contribution in [-0.4, -0.2) is 6.10 Å². The van der Waals surface area contributed by atoms with Gasteiger partial charge in [-0.2, -0.15) is 0 Å². The normalized spacial score (nSPS) is 24.9. The van der Waals surface area contributed by atoms with Gasteiger partial charge in [0.15, 0.2) is 0 Å². The molecule has 0 aromatic heterocycles. The molecule has 0 bridgehead atoms. The highest BCUT2D eigenvalue weighted by Gasteiger charge is 2.11. The van der Waals surface area contributed by atoms with Crippen molar-refractivity contribution < 1.29 is 4.74 Å². The zero-order valence-electron chi connectivity index (χ0n) is 6.84. The summed E-state index contributed by atoms with van der Waals surface area (Å²) in [6.07, 6.45) is 8.02. The molecular weight excluding hydrogens is 124 g/mol. The van der Waals surface area contributed by atoms with Crippen LogP contribution in [0.4, 0.5) is 0 Å². The molecule has 1 aliphatic heterocycles. The molecule has 1 aliphatic rings. The van der Waals surface area contributed by atoms with Crippen LogP contribution in [0, 0.1) is 5.92 Å². The summed E-state index contributed by atoms with van der Waals surface area (Å²) in [5, 5.41) is 0. The van der Waals surface area contributed by atoms with E-state index in [1.807, 2.05) is 6.26 Å². The third-order valence-corrected chi connectivity index (χ3v) is 1.76. The fourth-order valence-electron chi connectivity index (χ4n) is 1.28. The molecule has 0 saturated heterocycles. The van der Waals surface area contributed by atoms with Crippen molar-refractivity contribution in [2.24, 2.45) is 5.92 Å². The molecule has 0 radical (unpaired) electrons. The van der Waals surface area contributed by atoms with Crippen LogP contribution < -0.4 is 0 Å². The Morgan fingerprint density at radius 2 is 2.40 bits per heavy atom. The van der Waals surface area contributed by atoms with Gasteiger partial charge in [-0.3, -0.25) is 0 Å². The number of ether oxygens (including phenoxy) is 1. The fraction of sp³-hybridized carbons (Fsp3) is 0.778. The van der Waals surface area contributed by atoms with E-state index in [4.69, 9.17) is 4.74 Å². The zero-order chi connectivity index (χ0) is 7.40. The molecule has 1 heteroatoms. The minimum atomic E-state index is 0.491. The lowest BCUT2D eigenvalue weighted by Gasteiger charge is -2.20. The van der Waals surface area contributed by atoms with Crippen LogP contribution in [0.15, 0.2) is 12.3 Å². The van der Waals surface area contributed by atoms with Gasteiger partial charge in [-0.25, -0.2) is 0 Å². The van der Waals surface area contributed by atoms with Crippen LogP contribution in [0.2, 0.25) is 0 Å². The number of hydrogen-bond donors (Lipinski definition) is 0. The minimum absolute atomic E-state index is 0.491. The van der Waals surface area contributed by atoms with Gasteiger partial charge in [-0.15, -0.1) is 0 Å². The SMILES string of the molecule is CC(C)CC1CCC=CO1. The molecule has 0 aromatic carbocycles. The second kappa shape index (κ2) is 3.65. The minimum Gasteiger partial charge on any atom is -0.498 e. The highest BCUT2D eigenvalue weighted by molar-refractivity contribution is 4.82. The van der Waals surface area contributed by atoms with Crippen LogP contribution in [0.5, 0.6) is 0 Å². The topological polar surface area (TPSA) is 9.23 Å². The quantitative estimate of drug-likeness (QED) is 0.573. The third kappa shape index (κ3) is 2.42. The van der Waals surface area contributed by atoms with Crippen LogP contribution in [-0.2, 0) is 4.74 Å². The molecule has 1 nitrogen and oxygen atoms in total. The van der Waals surface area contributed by atoms with Crippen LogP contribution in [0.3, 0.4) is 0 Å². The van der Waals surface area contributed by atoms with Gasteiger partial charge in [0.05, 0.1) is 12.4 Å². The molecule has 1 rings (SSSR count). The zero-order valence-corrected chi connectivity index (χ0v) is 6.84. The molecule has 0 spiro atoms. The maximum atomic E-state index is 5.41. The first-order valence-electron chi connectivity index (χ1n) is 4.09. The standard InChI is InChI=1S/C9H16O/c1-8(2)7-9-5-3-4-6-10-9/h4,6,8-9H,3,5,7H2,1-2H3. The van der Waals surface area contributed by atoms with E-state index in [2.05, 4.69) is 19.9 Å². The molecule has 0 fully saturated rings. The van der Waals surface area contributed by atoms with Crippen molar-refractivity contribution in [1.82, 2.24) is 0 Å². The molecule has 1 atom stereocenters. The van der Waals surface area contributed by atoms with E-state index in [1.54, 1.807) is 0 Å². The molecule has 0 aromatic rings. The summed E-state index contributed by atoms with van der Waals surface area (Å²) in [6.45, 7) is 4.48. The molecular formula is C9H16O. The first kappa shape index (κ1) is 7.64. The Kier molecular flexibility index (Phi) is 2.79. The van der Waals surface area contributed by atoms with E-state index in [0.29, 0.717) is 6.10 Å². The second-order valence-electron chi connectivity index (χ2n) is 3.34. The number of hydrogen-bond acceptors (Lipinski definition) is 1.